The molecule has 0 N–H and O–H groups in total. The quantitative estimate of drug-likeness (QED) is 0.847. The molecule has 0 radical (unpaired) electrons. The van der Waals surface area contributed by atoms with E-state index in [0.29, 0.717) is 17.8 Å². The fraction of sp³-hybridized carbons (Fsp3) is 0.526. The highest BCUT2D eigenvalue weighted by Gasteiger charge is 2.28. The molecule has 0 saturated carbocycles. The molecule has 1 aromatic carbocycles. The molecule has 1 aromatic heterocycles. The minimum atomic E-state index is -0.222. The zero-order chi connectivity index (χ0) is 17.4. The van der Waals surface area contributed by atoms with Crippen LogP contribution in [0.4, 0.5) is 4.39 Å². The minimum absolute atomic E-state index is 0.173. The largest absolute Gasteiger partial charge is 0.475 e. The summed E-state index contributed by atoms with van der Waals surface area (Å²) in [6, 6.07) is 5.43. The van der Waals surface area contributed by atoms with Crippen molar-refractivity contribution in [2.45, 2.75) is 52.3 Å². The Kier molecular flexibility index (Phi) is 4.63. The summed E-state index contributed by atoms with van der Waals surface area (Å²) in [5, 5.41) is 4.67. The molecule has 2 heterocycles. The number of ether oxygens (including phenoxy) is 1. The van der Waals surface area contributed by atoms with Gasteiger partial charge in [-0.05, 0) is 44.6 Å². The molecular formula is C19H26FN3O. The van der Waals surface area contributed by atoms with Crippen LogP contribution in [0.3, 0.4) is 0 Å². The smallest absolute Gasteiger partial charge is 0.216 e. The Hall–Kier alpha value is -1.88. The lowest BCUT2D eigenvalue weighted by atomic mass is 9.97. The maximum Gasteiger partial charge on any atom is 0.216 e. The van der Waals surface area contributed by atoms with Gasteiger partial charge in [-0.15, -0.1) is 0 Å². The van der Waals surface area contributed by atoms with Crippen molar-refractivity contribution in [3.8, 4) is 17.1 Å². The van der Waals surface area contributed by atoms with Crippen LogP contribution in [0, 0.1) is 5.82 Å². The van der Waals surface area contributed by atoms with Crippen LogP contribution >= 0.6 is 0 Å². The lowest BCUT2D eigenvalue weighted by Crippen LogP contribution is -2.23. The second kappa shape index (κ2) is 6.55. The van der Waals surface area contributed by atoms with Crippen molar-refractivity contribution in [2.75, 3.05) is 14.1 Å². The Bertz CT molecular complexity index is 736. The summed E-state index contributed by atoms with van der Waals surface area (Å²) in [6.45, 7) is 7.80. The number of nitrogens with zero attached hydrogens (tertiary/aromatic N) is 3. The maximum absolute atomic E-state index is 14.8. The summed E-state index contributed by atoms with van der Waals surface area (Å²) in [7, 11) is 3.95. The molecule has 4 nitrogen and oxygen atoms in total. The first-order valence-corrected chi connectivity index (χ1v) is 8.57. The summed E-state index contributed by atoms with van der Waals surface area (Å²) >= 11 is 0. The van der Waals surface area contributed by atoms with Crippen molar-refractivity contribution in [2.24, 2.45) is 0 Å². The van der Waals surface area contributed by atoms with Gasteiger partial charge in [0.2, 0.25) is 5.88 Å². The molecule has 0 unspecified atom stereocenters. The standard InChI is InChI=1S/C19H26FN3O/c1-12(2)17-18(21-23-9-8-13(3)24-19(17)23)15-7-6-14(10-16(15)20)11-22(4)5/h6-7,10,12-13H,8-9,11H2,1-5H3/t13-/m1/s1. The van der Waals surface area contributed by atoms with Gasteiger partial charge in [-0.25, -0.2) is 9.07 Å². The molecule has 0 spiro atoms. The van der Waals surface area contributed by atoms with Crippen molar-refractivity contribution in [3.05, 3.63) is 35.1 Å². The first-order chi connectivity index (χ1) is 11.4. The highest BCUT2D eigenvalue weighted by atomic mass is 19.1. The molecule has 2 aromatic rings. The van der Waals surface area contributed by atoms with Gasteiger partial charge in [0.15, 0.2) is 0 Å². The Morgan fingerprint density at radius 1 is 1.38 bits per heavy atom. The van der Waals surface area contributed by atoms with Crippen LogP contribution in [0.15, 0.2) is 18.2 Å². The van der Waals surface area contributed by atoms with Gasteiger partial charge in [-0.2, -0.15) is 5.10 Å². The molecule has 24 heavy (non-hydrogen) atoms. The van der Waals surface area contributed by atoms with Crippen LogP contribution in [0.1, 0.15) is 44.2 Å². The predicted octanol–water partition coefficient (Wildman–Crippen LogP) is 4.05. The third-order valence-corrected chi connectivity index (χ3v) is 4.37. The van der Waals surface area contributed by atoms with Gasteiger partial charge in [0, 0.05) is 30.6 Å². The van der Waals surface area contributed by atoms with E-state index < -0.39 is 0 Å². The molecule has 5 heteroatoms. The van der Waals surface area contributed by atoms with Crippen molar-refractivity contribution < 1.29 is 9.13 Å². The van der Waals surface area contributed by atoms with Crippen LogP contribution < -0.4 is 4.74 Å². The van der Waals surface area contributed by atoms with Gasteiger partial charge in [0.25, 0.3) is 0 Å². The van der Waals surface area contributed by atoms with Crippen LogP contribution in [0.5, 0.6) is 5.88 Å². The summed E-state index contributed by atoms with van der Waals surface area (Å²) in [5.41, 5.74) is 3.23. The Morgan fingerprint density at radius 2 is 2.12 bits per heavy atom. The summed E-state index contributed by atoms with van der Waals surface area (Å²) < 4.78 is 22.7. The minimum Gasteiger partial charge on any atom is -0.475 e. The van der Waals surface area contributed by atoms with E-state index in [2.05, 4.69) is 25.9 Å². The second-order valence-electron chi connectivity index (χ2n) is 7.21. The molecule has 3 rings (SSSR count). The van der Waals surface area contributed by atoms with Gasteiger partial charge in [-0.3, -0.25) is 0 Å². The lowest BCUT2D eigenvalue weighted by molar-refractivity contribution is 0.147. The van der Waals surface area contributed by atoms with Gasteiger partial charge >= 0.3 is 0 Å². The predicted molar refractivity (Wildman–Crippen MR) is 93.8 cm³/mol. The number of aryl methyl sites for hydroxylation is 1. The zero-order valence-corrected chi connectivity index (χ0v) is 15.1. The highest BCUT2D eigenvalue weighted by molar-refractivity contribution is 5.67. The van der Waals surface area contributed by atoms with E-state index in [1.807, 2.05) is 35.8 Å². The number of hydrogen-bond acceptors (Lipinski definition) is 3. The van der Waals surface area contributed by atoms with E-state index in [0.717, 1.165) is 30.0 Å². The summed E-state index contributed by atoms with van der Waals surface area (Å²) in [6.07, 6.45) is 1.10. The van der Waals surface area contributed by atoms with E-state index >= 15 is 0 Å². The number of benzene rings is 1. The normalized spacial score (nSPS) is 17.2. The van der Waals surface area contributed by atoms with Gasteiger partial charge in [0.1, 0.15) is 11.5 Å². The third-order valence-electron chi connectivity index (χ3n) is 4.37. The third kappa shape index (κ3) is 3.18. The molecule has 0 bridgehead atoms. The van der Waals surface area contributed by atoms with Crippen molar-refractivity contribution in [3.63, 3.8) is 0 Å². The van der Waals surface area contributed by atoms with Gasteiger partial charge in [-0.1, -0.05) is 19.9 Å². The highest BCUT2D eigenvalue weighted by Crippen LogP contribution is 2.39. The van der Waals surface area contributed by atoms with E-state index in [9.17, 15) is 4.39 Å². The molecule has 0 amide bonds. The lowest BCUT2D eigenvalue weighted by Gasteiger charge is -2.23. The number of aromatic nitrogens is 2. The Labute approximate surface area is 143 Å². The molecule has 0 fully saturated rings. The summed E-state index contributed by atoms with van der Waals surface area (Å²) in [4.78, 5) is 2.03. The average molecular weight is 331 g/mol. The fourth-order valence-electron chi connectivity index (χ4n) is 3.22. The van der Waals surface area contributed by atoms with Crippen LogP contribution in [-0.4, -0.2) is 34.9 Å². The molecule has 1 atom stereocenters. The first kappa shape index (κ1) is 17.0. The monoisotopic (exact) mass is 331 g/mol. The maximum atomic E-state index is 14.8. The molecular weight excluding hydrogens is 305 g/mol. The van der Waals surface area contributed by atoms with Gasteiger partial charge < -0.3 is 9.64 Å². The number of fused-ring (bicyclic) bond motifs is 1. The van der Waals surface area contributed by atoms with Crippen LogP contribution in [-0.2, 0) is 13.1 Å². The molecule has 0 aliphatic carbocycles. The van der Waals surface area contributed by atoms with Crippen molar-refractivity contribution in [1.29, 1.82) is 0 Å². The number of hydrogen-bond donors (Lipinski definition) is 0. The van der Waals surface area contributed by atoms with E-state index in [1.165, 1.54) is 0 Å². The average Bonchev–Trinajstić information content (AvgIpc) is 2.84. The SMILES string of the molecule is CC(C)c1c(-c2ccc(CN(C)C)cc2F)nn2c1O[C@H](C)CC2. The molecule has 1 aliphatic heterocycles. The first-order valence-electron chi connectivity index (χ1n) is 8.57. The van der Waals surface area contributed by atoms with Crippen LogP contribution in [0.25, 0.3) is 11.3 Å². The van der Waals surface area contributed by atoms with Crippen molar-refractivity contribution in [1.82, 2.24) is 14.7 Å². The van der Waals surface area contributed by atoms with Gasteiger partial charge in [0.05, 0.1) is 6.10 Å². The molecule has 130 valence electrons. The Morgan fingerprint density at radius 3 is 2.75 bits per heavy atom. The molecule has 0 saturated heterocycles. The van der Waals surface area contributed by atoms with E-state index in [-0.39, 0.29) is 17.8 Å². The molecule has 1 aliphatic rings. The zero-order valence-electron chi connectivity index (χ0n) is 15.1. The number of halogens is 1. The second-order valence-corrected chi connectivity index (χ2v) is 7.21. The fourth-order valence-corrected chi connectivity index (χ4v) is 3.22. The summed E-state index contributed by atoms with van der Waals surface area (Å²) in [5.74, 6) is 0.796. The van der Waals surface area contributed by atoms with E-state index in [1.54, 1.807) is 6.07 Å². The van der Waals surface area contributed by atoms with Crippen molar-refractivity contribution >= 4 is 0 Å². The number of rotatable bonds is 4. The van der Waals surface area contributed by atoms with Crippen LogP contribution in [0.2, 0.25) is 0 Å². The topological polar surface area (TPSA) is 30.3 Å². The Balaban J connectivity index is 2.06. The van der Waals surface area contributed by atoms with E-state index in [4.69, 9.17) is 4.74 Å².